The number of amides is 1. The molecule has 0 fully saturated rings. The maximum absolute atomic E-state index is 11.9. The second-order valence-electron chi connectivity index (χ2n) is 3.70. The van der Waals surface area contributed by atoms with Gasteiger partial charge >= 0.3 is 0 Å². The maximum atomic E-state index is 11.9. The first kappa shape index (κ1) is 13.0. The van der Waals surface area contributed by atoms with Crippen LogP contribution in [0.3, 0.4) is 0 Å². The molecule has 0 spiro atoms. The molecular weight excluding hydrogens is 320 g/mol. The van der Waals surface area contributed by atoms with Crippen molar-refractivity contribution in [1.29, 1.82) is 0 Å². The minimum atomic E-state index is -0.266. The van der Waals surface area contributed by atoms with Crippen LogP contribution < -0.4 is 5.32 Å². The monoisotopic (exact) mass is 328 g/mol. The second-order valence-corrected chi connectivity index (χ2v) is 4.97. The number of aryl methyl sites for hydroxylation is 1. The number of pyridine rings is 1. The predicted octanol–water partition coefficient (Wildman–Crippen LogP) is 2.16. The fraction of sp³-hybridized carbons (Fsp3) is 0.182. The van der Waals surface area contributed by atoms with Crippen LogP contribution in [-0.2, 0) is 13.6 Å². The average molecular weight is 330 g/mol. The summed E-state index contributed by atoms with van der Waals surface area (Å²) in [6.45, 7) is 0.398. The van der Waals surface area contributed by atoms with Crippen molar-refractivity contribution in [2.24, 2.45) is 7.05 Å². The first-order chi connectivity index (χ1) is 8.56. The van der Waals surface area contributed by atoms with Gasteiger partial charge in [0, 0.05) is 36.0 Å². The summed E-state index contributed by atoms with van der Waals surface area (Å²) in [5.74, 6) is -0.266. The van der Waals surface area contributed by atoms with E-state index < -0.39 is 0 Å². The van der Waals surface area contributed by atoms with Gasteiger partial charge in [0.05, 0.1) is 11.8 Å². The number of nitrogens with one attached hydrogen (secondary N) is 1. The third-order valence-electron chi connectivity index (χ3n) is 2.26. The van der Waals surface area contributed by atoms with Gasteiger partial charge in [0.1, 0.15) is 5.15 Å². The van der Waals surface area contributed by atoms with Crippen LogP contribution in [0.15, 0.2) is 29.1 Å². The number of halogens is 2. The Hall–Kier alpha value is -1.40. The number of nitrogens with zero attached hydrogens (tertiary/aromatic N) is 3. The summed E-state index contributed by atoms with van der Waals surface area (Å²) in [6, 6.07) is 1.63. The molecule has 2 rings (SSSR count). The Labute approximate surface area is 117 Å². The van der Waals surface area contributed by atoms with Gasteiger partial charge in [-0.1, -0.05) is 11.6 Å². The lowest BCUT2D eigenvalue weighted by atomic mass is 10.2. The van der Waals surface area contributed by atoms with Gasteiger partial charge in [0.15, 0.2) is 0 Å². The first-order valence-corrected chi connectivity index (χ1v) is 6.30. The molecule has 0 saturated carbocycles. The molecule has 0 aliphatic rings. The molecule has 5 nitrogen and oxygen atoms in total. The van der Waals surface area contributed by atoms with Crippen molar-refractivity contribution in [2.75, 3.05) is 0 Å². The van der Waals surface area contributed by atoms with E-state index in [0.29, 0.717) is 16.6 Å². The molecule has 94 valence electrons. The predicted molar refractivity (Wildman–Crippen MR) is 71.3 cm³/mol. The Morgan fingerprint density at radius 3 is 3.00 bits per heavy atom. The zero-order valence-electron chi connectivity index (χ0n) is 9.52. The molecule has 1 amide bonds. The van der Waals surface area contributed by atoms with Crippen LogP contribution in [0.2, 0.25) is 5.15 Å². The number of carbonyl (C=O) groups is 1. The summed E-state index contributed by atoms with van der Waals surface area (Å²) in [6.07, 6.45) is 5.07. The van der Waals surface area contributed by atoms with Crippen LogP contribution >= 0.6 is 27.5 Å². The van der Waals surface area contributed by atoms with E-state index in [9.17, 15) is 4.79 Å². The molecule has 0 unspecified atom stereocenters. The van der Waals surface area contributed by atoms with Gasteiger partial charge in [0.25, 0.3) is 5.91 Å². The summed E-state index contributed by atoms with van der Waals surface area (Å²) in [4.78, 5) is 15.8. The Morgan fingerprint density at radius 1 is 1.56 bits per heavy atom. The Balaban J connectivity index is 2.05. The molecule has 2 aromatic heterocycles. The quantitative estimate of drug-likeness (QED) is 0.878. The van der Waals surface area contributed by atoms with Crippen LogP contribution in [0.5, 0.6) is 0 Å². The first-order valence-electron chi connectivity index (χ1n) is 5.13. The van der Waals surface area contributed by atoms with Gasteiger partial charge < -0.3 is 5.32 Å². The third kappa shape index (κ3) is 3.08. The summed E-state index contributed by atoms with van der Waals surface area (Å²) in [5.41, 5.74) is 1.26. The minimum Gasteiger partial charge on any atom is -0.348 e. The number of hydrogen-bond acceptors (Lipinski definition) is 3. The van der Waals surface area contributed by atoms with Crippen LogP contribution in [0, 0.1) is 0 Å². The molecule has 0 bridgehead atoms. The largest absolute Gasteiger partial charge is 0.348 e. The van der Waals surface area contributed by atoms with Crippen LogP contribution in [0.1, 0.15) is 15.9 Å². The second kappa shape index (κ2) is 5.49. The van der Waals surface area contributed by atoms with E-state index in [2.05, 4.69) is 31.3 Å². The molecule has 2 aromatic rings. The molecular formula is C11H10BrClN4O. The molecule has 0 radical (unpaired) electrons. The summed E-state index contributed by atoms with van der Waals surface area (Å²) in [5, 5.41) is 6.96. The van der Waals surface area contributed by atoms with E-state index >= 15 is 0 Å². The highest BCUT2D eigenvalue weighted by molar-refractivity contribution is 9.10. The van der Waals surface area contributed by atoms with Crippen molar-refractivity contribution in [3.05, 3.63) is 45.4 Å². The van der Waals surface area contributed by atoms with E-state index in [1.54, 1.807) is 23.1 Å². The van der Waals surface area contributed by atoms with Gasteiger partial charge in [-0.15, -0.1) is 0 Å². The smallest absolute Gasteiger partial charge is 0.254 e. The maximum Gasteiger partial charge on any atom is 0.254 e. The average Bonchev–Trinajstić information content (AvgIpc) is 2.75. The van der Waals surface area contributed by atoms with Crippen molar-refractivity contribution in [3.63, 3.8) is 0 Å². The van der Waals surface area contributed by atoms with Gasteiger partial charge in [-0.2, -0.15) is 5.10 Å². The third-order valence-corrected chi connectivity index (χ3v) is 3.00. The number of rotatable bonds is 3. The summed E-state index contributed by atoms with van der Waals surface area (Å²) < 4.78 is 2.38. The van der Waals surface area contributed by atoms with Gasteiger partial charge in [-0.05, 0) is 22.0 Å². The topological polar surface area (TPSA) is 59.8 Å². The van der Waals surface area contributed by atoms with E-state index in [1.807, 2.05) is 13.2 Å². The molecule has 1 N–H and O–H groups in total. The van der Waals surface area contributed by atoms with Crippen molar-refractivity contribution >= 4 is 33.4 Å². The number of carbonyl (C=O) groups excluding carboxylic acids is 1. The zero-order chi connectivity index (χ0) is 13.1. The van der Waals surface area contributed by atoms with Gasteiger partial charge in [-0.3, -0.25) is 9.48 Å². The normalized spacial score (nSPS) is 10.4. The Morgan fingerprint density at radius 2 is 2.33 bits per heavy atom. The molecule has 0 aliphatic carbocycles. The van der Waals surface area contributed by atoms with Crippen LogP contribution in [0.25, 0.3) is 0 Å². The van der Waals surface area contributed by atoms with Crippen molar-refractivity contribution < 1.29 is 4.79 Å². The molecule has 0 atom stereocenters. The molecule has 18 heavy (non-hydrogen) atoms. The Bertz CT molecular complexity index is 584. The SMILES string of the molecule is Cn1cc(CNC(=O)c2cc(Br)cnc2Cl)cn1. The highest BCUT2D eigenvalue weighted by atomic mass is 79.9. The lowest BCUT2D eigenvalue weighted by molar-refractivity contribution is 0.0950. The van der Waals surface area contributed by atoms with E-state index in [0.717, 1.165) is 5.56 Å². The number of hydrogen-bond donors (Lipinski definition) is 1. The highest BCUT2D eigenvalue weighted by Gasteiger charge is 2.11. The van der Waals surface area contributed by atoms with E-state index in [-0.39, 0.29) is 11.1 Å². The molecule has 0 saturated heterocycles. The molecule has 0 aromatic carbocycles. The van der Waals surface area contributed by atoms with Crippen molar-refractivity contribution in [3.8, 4) is 0 Å². The standard InChI is InChI=1S/C11H10BrClN4O/c1-17-6-7(4-16-17)3-15-11(18)9-2-8(12)5-14-10(9)13/h2,4-6H,3H2,1H3,(H,15,18). The van der Waals surface area contributed by atoms with Gasteiger partial charge in [-0.25, -0.2) is 4.98 Å². The fourth-order valence-electron chi connectivity index (χ4n) is 1.42. The summed E-state index contributed by atoms with van der Waals surface area (Å²) in [7, 11) is 1.82. The van der Waals surface area contributed by atoms with Crippen molar-refractivity contribution in [2.45, 2.75) is 6.54 Å². The van der Waals surface area contributed by atoms with Crippen LogP contribution in [-0.4, -0.2) is 20.7 Å². The fourth-order valence-corrected chi connectivity index (χ4v) is 1.94. The van der Waals surface area contributed by atoms with Gasteiger partial charge in [0.2, 0.25) is 0 Å². The molecule has 0 aliphatic heterocycles. The molecule has 2 heterocycles. The van der Waals surface area contributed by atoms with Crippen LogP contribution in [0.4, 0.5) is 0 Å². The number of aromatic nitrogens is 3. The zero-order valence-corrected chi connectivity index (χ0v) is 11.9. The highest BCUT2D eigenvalue weighted by Crippen LogP contribution is 2.17. The molecule has 7 heteroatoms. The van der Waals surface area contributed by atoms with Crippen molar-refractivity contribution in [1.82, 2.24) is 20.1 Å². The minimum absolute atomic E-state index is 0.182. The van der Waals surface area contributed by atoms with E-state index in [4.69, 9.17) is 11.6 Å². The summed E-state index contributed by atoms with van der Waals surface area (Å²) >= 11 is 9.12. The van der Waals surface area contributed by atoms with E-state index in [1.165, 1.54) is 0 Å². The lowest BCUT2D eigenvalue weighted by Crippen LogP contribution is -2.23. The lowest BCUT2D eigenvalue weighted by Gasteiger charge is -2.05. The Kier molecular flexibility index (Phi) is 3.98.